The predicted molar refractivity (Wildman–Crippen MR) is 70.1 cm³/mol. The van der Waals surface area contributed by atoms with E-state index in [1.54, 1.807) is 14.2 Å². The van der Waals surface area contributed by atoms with E-state index in [4.69, 9.17) is 15.2 Å². The predicted octanol–water partition coefficient (Wildman–Crippen LogP) is 3.21. The van der Waals surface area contributed by atoms with Crippen LogP contribution in [-0.2, 0) is 6.54 Å². The van der Waals surface area contributed by atoms with Gasteiger partial charge in [0.2, 0.25) is 0 Å². The standard InChI is InChI=1S/C9H13NO2.2C2H6/c1-11-8-4-3-7(6-10)5-9(8)12-2;2*1-2/h3-5H,6,10H2,1-2H3;2*1-2H3. The van der Waals surface area contributed by atoms with Crippen LogP contribution in [-0.4, -0.2) is 14.2 Å². The monoisotopic (exact) mass is 227 g/mol. The van der Waals surface area contributed by atoms with Crippen LogP contribution in [0.2, 0.25) is 0 Å². The van der Waals surface area contributed by atoms with Gasteiger partial charge >= 0.3 is 0 Å². The van der Waals surface area contributed by atoms with Gasteiger partial charge in [-0.15, -0.1) is 0 Å². The summed E-state index contributed by atoms with van der Waals surface area (Å²) in [6.45, 7) is 8.51. The zero-order valence-corrected chi connectivity index (χ0v) is 11.3. The summed E-state index contributed by atoms with van der Waals surface area (Å²) in [6.07, 6.45) is 0. The Morgan fingerprint density at radius 1 is 0.938 bits per heavy atom. The third-order valence-electron chi connectivity index (χ3n) is 1.68. The lowest BCUT2D eigenvalue weighted by molar-refractivity contribution is 0.354. The van der Waals surface area contributed by atoms with Crippen molar-refractivity contribution in [2.45, 2.75) is 34.2 Å². The maximum atomic E-state index is 5.47. The Kier molecular flexibility index (Phi) is 12.7. The van der Waals surface area contributed by atoms with Gasteiger partial charge in [-0.05, 0) is 17.7 Å². The smallest absolute Gasteiger partial charge is 0.161 e. The lowest BCUT2D eigenvalue weighted by Crippen LogP contribution is -1.97. The van der Waals surface area contributed by atoms with Crippen molar-refractivity contribution in [3.8, 4) is 11.5 Å². The molecule has 0 atom stereocenters. The van der Waals surface area contributed by atoms with Gasteiger partial charge in [-0.2, -0.15) is 0 Å². The van der Waals surface area contributed by atoms with E-state index >= 15 is 0 Å². The number of hydrogen-bond acceptors (Lipinski definition) is 3. The van der Waals surface area contributed by atoms with Crippen molar-refractivity contribution in [2.75, 3.05) is 14.2 Å². The van der Waals surface area contributed by atoms with E-state index in [9.17, 15) is 0 Å². The Balaban J connectivity index is 0. The third kappa shape index (κ3) is 5.61. The molecule has 1 aromatic rings. The van der Waals surface area contributed by atoms with Gasteiger partial charge in [0.1, 0.15) is 0 Å². The first kappa shape index (κ1) is 17.2. The summed E-state index contributed by atoms with van der Waals surface area (Å²) in [6, 6.07) is 5.64. The Morgan fingerprint density at radius 3 is 1.81 bits per heavy atom. The van der Waals surface area contributed by atoms with Gasteiger partial charge in [-0.3, -0.25) is 0 Å². The first-order valence-electron chi connectivity index (χ1n) is 5.72. The van der Waals surface area contributed by atoms with E-state index in [2.05, 4.69) is 0 Å². The van der Waals surface area contributed by atoms with Crippen LogP contribution in [0, 0.1) is 0 Å². The number of hydrogen-bond donors (Lipinski definition) is 1. The number of ether oxygens (including phenoxy) is 2. The van der Waals surface area contributed by atoms with E-state index in [1.807, 2.05) is 45.9 Å². The summed E-state index contributed by atoms with van der Waals surface area (Å²) in [5, 5.41) is 0. The molecule has 3 heteroatoms. The second kappa shape index (κ2) is 11.9. The van der Waals surface area contributed by atoms with Crippen molar-refractivity contribution in [1.82, 2.24) is 0 Å². The first-order chi connectivity index (χ1) is 7.81. The Morgan fingerprint density at radius 2 is 1.44 bits per heavy atom. The molecule has 1 aromatic carbocycles. The van der Waals surface area contributed by atoms with E-state index in [0.29, 0.717) is 6.54 Å². The Labute approximate surface area is 99.6 Å². The van der Waals surface area contributed by atoms with Gasteiger partial charge in [0, 0.05) is 6.54 Å². The molecule has 3 nitrogen and oxygen atoms in total. The fourth-order valence-electron chi connectivity index (χ4n) is 1.01. The van der Waals surface area contributed by atoms with Crippen molar-refractivity contribution < 1.29 is 9.47 Å². The van der Waals surface area contributed by atoms with Gasteiger partial charge < -0.3 is 15.2 Å². The van der Waals surface area contributed by atoms with Gasteiger partial charge in [0.25, 0.3) is 0 Å². The largest absolute Gasteiger partial charge is 0.493 e. The molecule has 0 aliphatic heterocycles. The maximum absolute atomic E-state index is 5.47. The van der Waals surface area contributed by atoms with Crippen LogP contribution in [0.5, 0.6) is 11.5 Å². The molecule has 0 saturated carbocycles. The van der Waals surface area contributed by atoms with Crippen molar-refractivity contribution in [2.24, 2.45) is 5.73 Å². The van der Waals surface area contributed by atoms with Crippen LogP contribution in [0.4, 0.5) is 0 Å². The van der Waals surface area contributed by atoms with Crippen LogP contribution >= 0.6 is 0 Å². The third-order valence-corrected chi connectivity index (χ3v) is 1.68. The van der Waals surface area contributed by atoms with Crippen molar-refractivity contribution in [1.29, 1.82) is 0 Å². The minimum atomic E-state index is 0.514. The van der Waals surface area contributed by atoms with E-state index in [0.717, 1.165) is 17.1 Å². The van der Waals surface area contributed by atoms with E-state index < -0.39 is 0 Å². The fraction of sp³-hybridized carbons (Fsp3) is 0.538. The van der Waals surface area contributed by atoms with Crippen LogP contribution in [0.25, 0.3) is 0 Å². The summed E-state index contributed by atoms with van der Waals surface area (Å²) in [7, 11) is 3.22. The van der Waals surface area contributed by atoms with Crippen molar-refractivity contribution >= 4 is 0 Å². The minimum Gasteiger partial charge on any atom is -0.493 e. The zero-order chi connectivity index (χ0) is 13.0. The molecule has 16 heavy (non-hydrogen) atoms. The highest BCUT2D eigenvalue weighted by molar-refractivity contribution is 5.42. The summed E-state index contributed by atoms with van der Waals surface area (Å²) in [5.74, 6) is 1.45. The lowest BCUT2D eigenvalue weighted by Gasteiger charge is -2.07. The average molecular weight is 227 g/mol. The van der Waals surface area contributed by atoms with Crippen molar-refractivity contribution in [3.05, 3.63) is 23.8 Å². The molecule has 0 fully saturated rings. The molecule has 0 unspecified atom stereocenters. The number of rotatable bonds is 3. The lowest BCUT2D eigenvalue weighted by atomic mass is 10.2. The van der Waals surface area contributed by atoms with E-state index in [1.165, 1.54) is 0 Å². The SMILES string of the molecule is CC.CC.COc1ccc(CN)cc1OC. The quantitative estimate of drug-likeness (QED) is 0.862. The average Bonchev–Trinajstić information content (AvgIpc) is 2.42. The minimum absolute atomic E-state index is 0.514. The first-order valence-corrected chi connectivity index (χ1v) is 5.72. The second-order valence-corrected chi connectivity index (χ2v) is 2.39. The summed E-state index contributed by atoms with van der Waals surface area (Å²) in [4.78, 5) is 0. The van der Waals surface area contributed by atoms with Gasteiger partial charge in [-0.1, -0.05) is 33.8 Å². The highest BCUT2D eigenvalue weighted by Crippen LogP contribution is 2.27. The molecule has 0 aliphatic carbocycles. The molecule has 94 valence electrons. The summed E-state index contributed by atoms with van der Waals surface area (Å²) in [5.41, 5.74) is 6.50. The molecule has 1 rings (SSSR count). The van der Waals surface area contributed by atoms with Crippen LogP contribution in [0.15, 0.2) is 18.2 Å². The van der Waals surface area contributed by atoms with Crippen LogP contribution in [0.1, 0.15) is 33.3 Å². The summed E-state index contributed by atoms with van der Waals surface area (Å²) >= 11 is 0. The molecule has 2 N–H and O–H groups in total. The zero-order valence-electron chi connectivity index (χ0n) is 11.3. The van der Waals surface area contributed by atoms with Crippen molar-refractivity contribution in [3.63, 3.8) is 0 Å². The topological polar surface area (TPSA) is 44.5 Å². The summed E-state index contributed by atoms with van der Waals surface area (Å²) < 4.78 is 10.2. The highest BCUT2D eigenvalue weighted by atomic mass is 16.5. The second-order valence-electron chi connectivity index (χ2n) is 2.39. The number of nitrogens with two attached hydrogens (primary N) is 1. The normalized spacial score (nSPS) is 7.94. The molecular weight excluding hydrogens is 202 g/mol. The van der Waals surface area contributed by atoms with Gasteiger partial charge in [0.15, 0.2) is 11.5 Å². The van der Waals surface area contributed by atoms with Gasteiger partial charge in [-0.25, -0.2) is 0 Å². The molecule has 0 radical (unpaired) electrons. The molecule has 0 aromatic heterocycles. The fourth-order valence-corrected chi connectivity index (χ4v) is 1.01. The molecule has 0 saturated heterocycles. The molecule has 0 bridgehead atoms. The Hall–Kier alpha value is -1.22. The number of benzene rings is 1. The van der Waals surface area contributed by atoms with Crippen LogP contribution < -0.4 is 15.2 Å². The van der Waals surface area contributed by atoms with Gasteiger partial charge in [0.05, 0.1) is 14.2 Å². The van der Waals surface area contributed by atoms with E-state index in [-0.39, 0.29) is 0 Å². The maximum Gasteiger partial charge on any atom is 0.161 e. The molecule has 0 amide bonds. The molecule has 0 aliphatic rings. The Bertz CT molecular complexity index is 262. The highest BCUT2D eigenvalue weighted by Gasteiger charge is 2.02. The number of methoxy groups -OCH3 is 2. The van der Waals surface area contributed by atoms with Crippen LogP contribution in [0.3, 0.4) is 0 Å². The molecular formula is C13H25NO2. The molecule has 0 spiro atoms. The molecule has 0 heterocycles.